The van der Waals surface area contributed by atoms with Crippen LogP contribution < -0.4 is 10.3 Å². The quantitative estimate of drug-likeness (QED) is 0.650. The molecular formula is C16H13BrN2O2S. The van der Waals surface area contributed by atoms with Crippen LogP contribution in [0.15, 0.2) is 62.8 Å². The van der Waals surface area contributed by atoms with Crippen LogP contribution in [0.25, 0.3) is 5.65 Å². The van der Waals surface area contributed by atoms with Crippen molar-refractivity contribution < 1.29 is 4.74 Å². The zero-order valence-corrected chi connectivity index (χ0v) is 14.2. The van der Waals surface area contributed by atoms with Crippen LogP contribution in [0.3, 0.4) is 0 Å². The Balaban J connectivity index is 1.81. The van der Waals surface area contributed by atoms with Gasteiger partial charge in [-0.15, -0.1) is 11.8 Å². The molecule has 0 saturated carbocycles. The summed E-state index contributed by atoms with van der Waals surface area (Å²) < 4.78 is 7.52. The molecule has 0 unspecified atom stereocenters. The Morgan fingerprint density at radius 1 is 1.23 bits per heavy atom. The lowest BCUT2D eigenvalue weighted by molar-refractivity contribution is 0.414. The summed E-state index contributed by atoms with van der Waals surface area (Å²) in [6.07, 6.45) is 1.73. The summed E-state index contributed by atoms with van der Waals surface area (Å²) in [5.41, 5.74) is 1.35. The van der Waals surface area contributed by atoms with Crippen molar-refractivity contribution in [2.75, 3.05) is 7.11 Å². The number of halogens is 1. The molecule has 3 aromatic rings. The number of hydrogen-bond acceptors (Lipinski definition) is 4. The van der Waals surface area contributed by atoms with Crippen molar-refractivity contribution in [2.24, 2.45) is 0 Å². The molecule has 3 rings (SSSR count). The molecule has 0 spiro atoms. The van der Waals surface area contributed by atoms with Crippen LogP contribution in [0.2, 0.25) is 0 Å². The lowest BCUT2D eigenvalue weighted by Crippen LogP contribution is -2.15. The molecule has 0 bridgehead atoms. The van der Waals surface area contributed by atoms with Crippen molar-refractivity contribution >= 4 is 33.3 Å². The summed E-state index contributed by atoms with van der Waals surface area (Å²) in [5, 5.41) is 0. The molecule has 0 N–H and O–H groups in total. The fourth-order valence-corrected chi connectivity index (χ4v) is 3.16. The van der Waals surface area contributed by atoms with Gasteiger partial charge in [-0.25, -0.2) is 4.98 Å². The van der Waals surface area contributed by atoms with Crippen LogP contribution in [0.1, 0.15) is 5.69 Å². The number of rotatable bonds is 4. The van der Waals surface area contributed by atoms with E-state index in [2.05, 4.69) is 20.9 Å². The lowest BCUT2D eigenvalue weighted by atomic mass is 10.3. The maximum Gasteiger partial charge on any atom is 0.258 e. The summed E-state index contributed by atoms with van der Waals surface area (Å²) in [7, 11) is 1.65. The monoisotopic (exact) mass is 376 g/mol. The Morgan fingerprint density at radius 3 is 2.73 bits per heavy atom. The van der Waals surface area contributed by atoms with E-state index in [9.17, 15) is 4.79 Å². The summed E-state index contributed by atoms with van der Waals surface area (Å²) in [5.74, 6) is 1.48. The van der Waals surface area contributed by atoms with E-state index in [-0.39, 0.29) is 5.56 Å². The summed E-state index contributed by atoms with van der Waals surface area (Å²) in [6.45, 7) is 0. The Bertz CT molecular complexity index is 862. The van der Waals surface area contributed by atoms with Gasteiger partial charge in [0, 0.05) is 27.4 Å². The average Bonchev–Trinajstić information content (AvgIpc) is 2.54. The molecule has 0 aliphatic carbocycles. The van der Waals surface area contributed by atoms with E-state index < -0.39 is 0 Å². The highest BCUT2D eigenvalue weighted by Crippen LogP contribution is 2.24. The predicted octanol–water partition coefficient (Wildman–Crippen LogP) is 3.76. The highest BCUT2D eigenvalue weighted by atomic mass is 79.9. The van der Waals surface area contributed by atoms with Gasteiger partial charge in [0.1, 0.15) is 11.4 Å². The van der Waals surface area contributed by atoms with Crippen LogP contribution in [0.5, 0.6) is 5.75 Å². The molecule has 2 heterocycles. The first-order valence-corrected chi connectivity index (χ1v) is 8.38. The van der Waals surface area contributed by atoms with Crippen molar-refractivity contribution in [1.29, 1.82) is 0 Å². The predicted molar refractivity (Wildman–Crippen MR) is 91.7 cm³/mol. The van der Waals surface area contributed by atoms with E-state index in [1.807, 2.05) is 36.4 Å². The fraction of sp³-hybridized carbons (Fsp3) is 0.125. The molecule has 0 amide bonds. The van der Waals surface area contributed by atoms with Crippen LogP contribution in [-0.4, -0.2) is 16.5 Å². The van der Waals surface area contributed by atoms with Crippen LogP contribution >= 0.6 is 27.7 Å². The van der Waals surface area contributed by atoms with Crippen LogP contribution in [0, 0.1) is 0 Å². The molecule has 0 atom stereocenters. The normalized spacial score (nSPS) is 10.8. The van der Waals surface area contributed by atoms with E-state index in [0.717, 1.165) is 20.8 Å². The topological polar surface area (TPSA) is 43.6 Å². The first kappa shape index (κ1) is 15.1. The first-order valence-electron chi connectivity index (χ1n) is 6.60. The minimum Gasteiger partial charge on any atom is -0.497 e. The van der Waals surface area contributed by atoms with E-state index in [4.69, 9.17) is 4.74 Å². The van der Waals surface area contributed by atoms with Crippen LogP contribution in [-0.2, 0) is 5.75 Å². The van der Waals surface area contributed by atoms with E-state index >= 15 is 0 Å². The minimum absolute atomic E-state index is 0.0726. The number of nitrogens with zero attached hydrogens (tertiary/aromatic N) is 2. The summed E-state index contributed by atoms with van der Waals surface area (Å²) >= 11 is 4.99. The van der Waals surface area contributed by atoms with E-state index in [0.29, 0.717) is 11.4 Å². The van der Waals surface area contributed by atoms with Gasteiger partial charge in [-0.1, -0.05) is 0 Å². The number of fused-ring (bicyclic) bond motifs is 1. The van der Waals surface area contributed by atoms with Crippen molar-refractivity contribution in [2.45, 2.75) is 10.6 Å². The Hall–Kier alpha value is -1.79. The molecule has 0 fully saturated rings. The van der Waals surface area contributed by atoms with Crippen molar-refractivity contribution in [1.82, 2.24) is 9.38 Å². The molecule has 2 aromatic heterocycles. The van der Waals surface area contributed by atoms with Gasteiger partial charge in [0.15, 0.2) is 0 Å². The smallest absolute Gasteiger partial charge is 0.258 e. The Kier molecular flexibility index (Phi) is 4.49. The zero-order valence-electron chi connectivity index (χ0n) is 11.8. The number of hydrogen-bond donors (Lipinski definition) is 0. The molecule has 0 radical (unpaired) electrons. The molecule has 4 nitrogen and oxygen atoms in total. The molecule has 0 aliphatic heterocycles. The average molecular weight is 377 g/mol. The SMILES string of the molecule is COc1ccc(SCc2cc(=O)n3cc(Br)ccc3n2)cc1. The first-order chi connectivity index (χ1) is 10.7. The van der Waals surface area contributed by atoms with Gasteiger partial charge in [-0.05, 0) is 52.3 Å². The van der Waals surface area contributed by atoms with E-state index in [1.54, 1.807) is 31.1 Å². The lowest BCUT2D eigenvalue weighted by Gasteiger charge is -2.05. The standard InChI is InChI=1S/C16H13BrN2O2S/c1-21-13-3-5-14(6-4-13)22-10-12-8-16(20)19-9-11(17)2-7-15(19)18-12/h2-9H,10H2,1H3. The number of thioether (sulfide) groups is 1. The summed E-state index contributed by atoms with van der Waals surface area (Å²) in [4.78, 5) is 17.8. The number of ether oxygens (including phenoxy) is 1. The number of benzene rings is 1. The summed E-state index contributed by atoms with van der Waals surface area (Å²) in [6, 6.07) is 13.1. The minimum atomic E-state index is -0.0726. The third-order valence-electron chi connectivity index (χ3n) is 3.12. The largest absolute Gasteiger partial charge is 0.497 e. The van der Waals surface area contributed by atoms with Gasteiger partial charge in [0.25, 0.3) is 5.56 Å². The number of methoxy groups -OCH3 is 1. The van der Waals surface area contributed by atoms with Gasteiger partial charge in [0.2, 0.25) is 0 Å². The number of pyridine rings is 1. The highest BCUT2D eigenvalue weighted by Gasteiger charge is 2.04. The van der Waals surface area contributed by atoms with Gasteiger partial charge in [0.05, 0.1) is 12.8 Å². The maximum atomic E-state index is 12.1. The zero-order chi connectivity index (χ0) is 15.5. The Morgan fingerprint density at radius 2 is 2.00 bits per heavy atom. The molecule has 1 aromatic carbocycles. The van der Waals surface area contributed by atoms with Gasteiger partial charge in [-0.3, -0.25) is 9.20 Å². The molecular weight excluding hydrogens is 364 g/mol. The van der Waals surface area contributed by atoms with Crippen molar-refractivity contribution in [3.05, 3.63) is 69.2 Å². The molecule has 0 saturated heterocycles. The molecule has 22 heavy (non-hydrogen) atoms. The molecule has 112 valence electrons. The second-order valence-corrected chi connectivity index (χ2v) is 6.59. The Labute approximate surface area is 140 Å². The number of aromatic nitrogens is 2. The second-order valence-electron chi connectivity index (χ2n) is 4.63. The highest BCUT2D eigenvalue weighted by molar-refractivity contribution is 9.10. The van der Waals surface area contributed by atoms with Gasteiger partial charge >= 0.3 is 0 Å². The van der Waals surface area contributed by atoms with Gasteiger partial charge < -0.3 is 4.74 Å². The molecule has 6 heteroatoms. The fourth-order valence-electron chi connectivity index (χ4n) is 2.03. The van der Waals surface area contributed by atoms with E-state index in [1.165, 1.54) is 4.40 Å². The van der Waals surface area contributed by atoms with Gasteiger partial charge in [-0.2, -0.15) is 0 Å². The third kappa shape index (κ3) is 3.34. The third-order valence-corrected chi connectivity index (χ3v) is 4.64. The molecule has 0 aliphatic rings. The van der Waals surface area contributed by atoms with Crippen molar-refractivity contribution in [3.63, 3.8) is 0 Å². The maximum absolute atomic E-state index is 12.1. The van der Waals surface area contributed by atoms with Crippen molar-refractivity contribution in [3.8, 4) is 5.75 Å². The van der Waals surface area contributed by atoms with Crippen LogP contribution in [0.4, 0.5) is 0 Å². The second kappa shape index (κ2) is 6.54.